The van der Waals surface area contributed by atoms with Crippen molar-refractivity contribution >= 4 is 31.8 Å². The Balaban J connectivity index is 2.33. The van der Waals surface area contributed by atoms with Crippen LogP contribution < -0.4 is 15.2 Å². The molecular weight excluding hydrogens is 358 g/mol. The number of ether oxygens (including phenoxy) is 1. The van der Waals surface area contributed by atoms with E-state index >= 15 is 0 Å². The van der Waals surface area contributed by atoms with E-state index in [-0.39, 0.29) is 17.3 Å². The predicted octanol–water partition coefficient (Wildman–Crippen LogP) is 2.11. The van der Waals surface area contributed by atoms with Crippen molar-refractivity contribution < 1.29 is 13.2 Å². The standard InChI is InChI=1S/C13H14BrN3O3S/c1-20-12-4-3-11(6-9(12)7-15)21(18,19)17-13-5-2-10(14)8-16-13/h2-6,8H,7,15H2,1H3,(H,16,17). The number of hydrogen-bond donors (Lipinski definition) is 2. The predicted molar refractivity (Wildman–Crippen MR) is 83.6 cm³/mol. The summed E-state index contributed by atoms with van der Waals surface area (Å²) in [5.74, 6) is 0.793. The van der Waals surface area contributed by atoms with Crippen molar-refractivity contribution in [1.29, 1.82) is 0 Å². The fraction of sp³-hybridized carbons (Fsp3) is 0.154. The van der Waals surface area contributed by atoms with Crippen LogP contribution in [0.1, 0.15) is 5.56 Å². The molecule has 2 aromatic rings. The van der Waals surface area contributed by atoms with Gasteiger partial charge in [-0.05, 0) is 46.3 Å². The highest BCUT2D eigenvalue weighted by atomic mass is 79.9. The number of halogens is 1. The van der Waals surface area contributed by atoms with Gasteiger partial charge in [0.15, 0.2) is 0 Å². The third-order valence-electron chi connectivity index (χ3n) is 2.75. The fourth-order valence-electron chi connectivity index (χ4n) is 1.71. The van der Waals surface area contributed by atoms with Gasteiger partial charge < -0.3 is 10.5 Å². The largest absolute Gasteiger partial charge is 0.496 e. The molecule has 0 radical (unpaired) electrons. The van der Waals surface area contributed by atoms with Gasteiger partial charge in [-0.25, -0.2) is 13.4 Å². The van der Waals surface area contributed by atoms with E-state index in [1.54, 1.807) is 18.2 Å². The number of sulfonamides is 1. The molecule has 0 saturated carbocycles. The number of hydrogen-bond acceptors (Lipinski definition) is 5. The molecule has 0 aliphatic heterocycles. The molecule has 0 amide bonds. The van der Waals surface area contributed by atoms with Crippen LogP contribution in [0, 0.1) is 0 Å². The minimum absolute atomic E-state index is 0.105. The van der Waals surface area contributed by atoms with Crippen LogP contribution in [0.5, 0.6) is 5.75 Å². The van der Waals surface area contributed by atoms with Gasteiger partial charge in [0.1, 0.15) is 11.6 Å². The number of nitrogens with zero attached hydrogens (tertiary/aromatic N) is 1. The summed E-state index contributed by atoms with van der Waals surface area (Å²) in [6.45, 7) is 0.184. The quantitative estimate of drug-likeness (QED) is 0.839. The number of benzene rings is 1. The van der Waals surface area contributed by atoms with Crippen molar-refractivity contribution in [3.8, 4) is 5.75 Å². The first kappa shape index (κ1) is 15.7. The second-order valence-electron chi connectivity index (χ2n) is 4.14. The van der Waals surface area contributed by atoms with E-state index in [1.165, 1.54) is 25.4 Å². The Kier molecular flexibility index (Phi) is 4.81. The Bertz CT molecular complexity index is 733. The van der Waals surface area contributed by atoms with Crippen molar-refractivity contribution in [1.82, 2.24) is 4.98 Å². The first-order valence-electron chi connectivity index (χ1n) is 5.97. The Hall–Kier alpha value is -1.64. The lowest BCUT2D eigenvalue weighted by Crippen LogP contribution is -2.14. The maximum atomic E-state index is 12.3. The smallest absolute Gasteiger partial charge is 0.263 e. The van der Waals surface area contributed by atoms with Gasteiger partial charge >= 0.3 is 0 Å². The van der Waals surface area contributed by atoms with Crippen LogP contribution in [-0.4, -0.2) is 20.5 Å². The third-order valence-corrected chi connectivity index (χ3v) is 4.57. The number of pyridine rings is 1. The zero-order chi connectivity index (χ0) is 15.5. The number of anilines is 1. The van der Waals surface area contributed by atoms with Crippen LogP contribution in [0.15, 0.2) is 45.9 Å². The highest BCUT2D eigenvalue weighted by Gasteiger charge is 2.16. The third kappa shape index (κ3) is 3.72. The van der Waals surface area contributed by atoms with Crippen molar-refractivity contribution in [2.75, 3.05) is 11.8 Å². The molecule has 1 aromatic heterocycles. The number of methoxy groups -OCH3 is 1. The van der Waals surface area contributed by atoms with Crippen LogP contribution in [0.3, 0.4) is 0 Å². The topological polar surface area (TPSA) is 94.3 Å². The van der Waals surface area contributed by atoms with Crippen molar-refractivity contribution in [2.24, 2.45) is 5.73 Å². The van der Waals surface area contributed by atoms with Gasteiger partial charge in [-0.15, -0.1) is 0 Å². The van der Waals surface area contributed by atoms with E-state index in [4.69, 9.17) is 10.5 Å². The number of nitrogens with two attached hydrogens (primary N) is 1. The van der Waals surface area contributed by atoms with Crippen molar-refractivity contribution in [2.45, 2.75) is 11.4 Å². The van der Waals surface area contributed by atoms with Gasteiger partial charge in [0.25, 0.3) is 10.0 Å². The summed E-state index contributed by atoms with van der Waals surface area (Å²) in [6, 6.07) is 7.78. The monoisotopic (exact) mass is 371 g/mol. The van der Waals surface area contributed by atoms with E-state index in [1.807, 2.05) is 0 Å². The molecule has 0 atom stereocenters. The molecule has 1 aromatic carbocycles. The zero-order valence-corrected chi connectivity index (χ0v) is 13.6. The molecule has 2 rings (SSSR count). The maximum Gasteiger partial charge on any atom is 0.263 e. The molecule has 3 N–H and O–H groups in total. The molecular formula is C13H14BrN3O3S. The number of aromatic nitrogens is 1. The summed E-state index contributed by atoms with van der Waals surface area (Å²) in [6.07, 6.45) is 1.51. The Morgan fingerprint density at radius 1 is 1.33 bits per heavy atom. The Labute approximate surface area is 131 Å². The normalized spacial score (nSPS) is 11.2. The lowest BCUT2D eigenvalue weighted by atomic mass is 10.2. The molecule has 1 heterocycles. The van der Waals surface area contributed by atoms with E-state index in [0.717, 1.165) is 4.47 Å². The van der Waals surface area contributed by atoms with Crippen LogP contribution in [0.25, 0.3) is 0 Å². The highest BCUT2D eigenvalue weighted by molar-refractivity contribution is 9.10. The minimum Gasteiger partial charge on any atom is -0.496 e. The second kappa shape index (κ2) is 6.42. The van der Waals surface area contributed by atoms with E-state index in [0.29, 0.717) is 11.3 Å². The summed E-state index contributed by atoms with van der Waals surface area (Å²) in [4.78, 5) is 4.08. The van der Waals surface area contributed by atoms with E-state index in [2.05, 4.69) is 25.6 Å². The summed E-state index contributed by atoms with van der Waals surface area (Å²) in [5.41, 5.74) is 6.21. The molecule has 0 unspecified atom stereocenters. The maximum absolute atomic E-state index is 12.3. The van der Waals surface area contributed by atoms with Crippen LogP contribution in [0.2, 0.25) is 0 Å². The molecule has 112 valence electrons. The second-order valence-corrected chi connectivity index (χ2v) is 6.74. The number of nitrogens with one attached hydrogen (secondary N) is 1. The summed E-state index contributed by atoms with van der Waals surface area (Å²) in [5, 5.41) is 0. The van der Waals surface area contributed by atoms with Gasteiger partial charge in [-0.1, -0.05) is 0 Å². The molecule has 6 nitrogen and oxygen atoms in total. The van der Waals surface area contributed by atoms with Crippen molar-refractivity contribution in [3.63, 3.8) is 0 Å². The van der Waals surface area contributed by atoms with Gasteiger partial charge in [-0.3, -0.25) is 4.72 Å². The minimum atomic E-state index is -3.72. The first-order valence-corrected chi connectivity index (χ1v) is 8.25. The van der Waals surface area contributed by atoms with Crippen LogP contribution in [-0.2, 0) is 16.6 Å². The number of rotatable bonds is 5. The molecule has 0 aliphatic carbocycles. The van der Waals surface area contributed by atoms with Gasteiger partial charge in [-0.2, -0.15) is 0 Å². The van der Waals surface area contributed by atoms with E-state index in [9.17, 15) is 8.42 Å². The average molecular weight is 372 g/mol. The molecule has 8 heteroatoms. The van der Waals surface area contributed by atoms with Gasteiger partial charge in [0, 0.05) is 22.8 Å². The Morgan fingerprint density at radius 3 is 2.67 bits per heavy atom. The average Bonchev–Trinajstić information content (AvgIpc) is 2.48. The van der Waals surface area contributed by atoms with Gasteiger partial charge in [0.2, 0.25) is 0 Å². The highest BCUT2D eigenvalue weighted by Crippen LogP contribution is 2.23. The molecule has 0 spiro atoms. The molecule has 21 heavy (non-hydrogen) atoms. The van der Waals surface area contributed by atoms with Crippen LogP contribution >= 0.6 is 15.9 Å². The molecule has 0 saturated heterocycles. The summed E-state index contributed by atoms with van der Waals surface area (Å²) in [7, 11) is -2.22. The van der Waals surface area contributed by atoms with Crippen molar-refractivity contribution in [3.05, 3.63) is 46.6 Å². The Morgan fingerprint density at radius 2 is 2.10 bits per heavy atom. The summed E-state index contributed by atoms with van der Waals surface area (Å²) < 4.78 is 32.9. The molecule has 0 fully saturated rings. The summed E-state index contributed by atoms with van der Waals surface area (Å²) >= 11 is 3.24. The molecule has 0 aliphatic rings. The van der Waals surface area contributed by atoms with E-state index < -0.39 is 10.0 Å². The lowest BCUT2D eigenvalue weighted by Gasteiger charge is -2.11. The zero-order valence-electron chi connectivity index (χ0n) is 11.2. The fourth-order valence-corrected chi connectivity index (χ4v) is 3.01. The van der Waals surface area contributed by atoms with Gasteiger partial charge in [0.05, 0.1) is 12.0 Å². The van der Waals surface area contributed by atoms with Crippen LogP contribution in [0.4, 0.5) is 5.82 Å². The SMILES string of the molecule is COc1ccc(S(=O)(=O)Nc2ccc(Br)cn2)cc1CN. The first-order chi connectivity index (χ1) is 9.96. The molecule has 0 bridgehead atoms. The lowest BCUT2D eigenvalue weighted by molar-refractivity contribution is 0.409.